The zero-order chi connectivity index (χ0) is 10.8. The largest absolute Gasteiger partial charge is 0.392 e. The van der Waals surface area contributed by atoms with Crippen molar-refractivity contribution >= 4 is 0 Å². The van der Waals surface area contributed by atoms with Crippen molar-refractivity contribution < 1.29 is 5.11 Å². The summed E-state index contributed by atoms with van der Waals surface area (Å²) in [5, 5.41) is 9.45. The second-order valence-corrected chi connectivity index (χ2v) is 4.61. The van der Waals surface area contributed by atoms with Crippen molar-refractivity contribution in [2.24, 2.45) is 0 Å². The number of benzene rings is 1. The van der Waals surface area contributed by atoms with Crippen LogP contribution in [0.2, 0.25) is 0 Å². The maximum Gasteiger partial charge on any atom is 0.0679 e. The molecule has 1 aromatic rings. The molecule has 1 heterocycles. The molecule has 2 heteroatoms. The Kier molecular flexibility index (Phi) is 3.08. The molecule has 0 bridgehead atoms. The minimum atomic E-state index is -0.115. The molecule has 1 N–H and O–H groups in total. The zero-order valence-electron chi connectivity index (χ0n) is 9.53. The van der Waals surface area contributed by atoms with Crippen LogP contribution in [0.15, 0.2) is 18.2 Å². The van der Waals surface area contributed by atoms with Gasteiger partial charge in [0.1, 0.15) is 0 Å². The van der Waals surface area contributed by atoms with Gasteiger partial charge in [-0.25, -0.2) is 0 Å². The van der Waals surface area contributed by atoms with Crippen molar-refractivity contribution in [3.8, 4) is 0 Å². The Balaban J connectivity index is 2.04. The number of aryl methyl sites for hydroxylation is 2. The van der Waals surface area contributed by atoms with Crippen LogP contribution in [0.5, 0.6) is 0 Å². The number of aliphatic hydroxyl groups is 1. The molecule has 1 atom stereocenters. The number of likely N-dealkylation sites (tertiary alicyclic amines) is 1. The molecule has 0 aromatic heterocycles. The highest BCUT2D eigenvalue weighted by atomic mass is 16.3. The van der Waals surface area contributed by atoms with E-state index in [0.29, 0.717) is 0 Å². The van der Waals surface area contributed by atoms with E-state index < -0.39 is 0 Å². The van der Waals surface area contributed by atoms with Crippen LogP contribution in [0.1, 0.15) is 23.1 Å². The third-order valence-electron chi connectivity index (χ3n) is 3.14. The summed E-state index contributed by atoms with van der Waals surface area (Å²) >= 11 is 0. The number of β-amino-alcohol motifs (C(OH)–C–C–N with tert-alkyl or cyclic N) is 1. The molecular formula is C13H19NO. The molecule has 0 unspecified atom stereocenters. The lowest BCUT2D eigenvalue weighted by Gasteiger charge is -2.16. The fourth-order valence-electron chi connectivity index (χ4n) is 2.22. The normalized spacial score (nSPS) is 22.2. The van der Waals surface area contributed by atoms with E-state index in [1.807, 2.05) is 0 Å². The first kappa shape index (κ1) is 10.7. The molecule has 82 valence electrons. The maximum atomic E-state index is 9.45. The van der Waals surface area contributed by atoms with Crippen LogP contribution in [-0.2, 0) is 6.54 Å². The predicted octanol–water partition coefficient (Wildman–Crippen LogP) is 1.87. The molecule has 0 aliphatic carbocycles. The summed E-state index contributed by atoms with van der Waals surface area (Å²) in [5.41, 5.74) is 4.06. The molecule has 0 spiro atoms. The van der Waals surface area contributed by atoms with E-state index in [9.17, 15) is 5.11 Å². The molecule has 2 rings (SSSR count). The smallest absolute Gasteiger partial charge is 0.0679 e. The van der Waals surface area contributed by atoms with E-state index in [2.05, 4.69) is 36.9 Å². The fourth-order valence-corrected chi connectivity index (χ4v) is 2.22. The fraction of sp³-hybridized carbons (Fsp3) is 0.538. The summed E-state index contributed by atoms with van der Waals surface area (Å²) in [4.78, 5) is 2.32. The van der Waals surface area contributed by atoms with Gasteiger partial charge >= 0.3 is 0 Å². The van der Waals surface area contributed by atoms with Crippen LogP contribution in [0, 0.1) is 13.8 Å². The minimum absolute atomic E-state index is 0.115. The van der Waals surface area contributed by atoms with Gasteiger partial charge in [0.2, 0.25) is 0 Å². The van der Waals surface area contributed by atoms with Gasteiger partial charge in [-0.15, -0.1) is 0 Å². The van der Waals surface area contributed by atoms with Crippen LogP contribution < -0.4 is 0 Å². The summed E-state index contributed by atoms with van der Waals surface area (Å²) < 4.78 is 0. The molecular weight excluding hydrogens is 186 g/mol. The van der Waals surface area contributed by atoms with Crippen molar-refractivity contribution in [2.45, 2.75) is 32.9 Å². The van der Waals surface area contributed by atoms with Gasteiger partial charge in [0.05, 0.1) is 6.10 Å². The molecule has 2 nitrogen and oxygen atoms in total. The molecule has 1 aliphatic heterocycles. The number of hydrogen-bond donors (Lipinski definition) is 1. The first-order chi connectivity index (χ1) is 7.15. The van der Waals surface area contributed by atoms with Gasteiger partial charge in [0.15, 0.2) is 0 Å². The van der Waals surface area contributed by atoms with E-state index in [0.717, 1.165) is 26.1 Å². The predicted molar refractivity (Wildman–Crippen MR) is 61.8 cm³/mol. The van der Waals surface area contributed by atoms with Gasteiger partial charge in [0, 0.05) is 19.6 Å². The van der Waals surface area contributed by atoms with Gasteiger partial charge < -0.3 is 5.11 Å². The lowest BCUT2D eigenvalue weighted by atomic mass is 10.1. The Morgan fingerprint density at radius 3 is 2.80 bits per heavy atom. The minimum Gasteiger partial charge on any atom is -0.392 e. The number of nitrogens with zero attached hydrogens (tertiary/aromatic N) is 1. The second-order valence-electron chi connectivity index (χ2n) is 4.61. The van der Waals surface area contributed by atoms with Gasteiger partial charge in [-0.2, -0.15) is 0 Å². The van der Waals surface area contributed by atoms with Crippen LogP contribution in [0.4, 0.5) is 0 Å². The third-order valence-corrected chi connectivity index (χ3v) is 3.14. The van der Waals surface area contributed by atoms with E-state index >= 15 is 0 Å². The molecule has 1 fully saturated rings. The average Bonchev–Trinajstić information content (AvgIpc) is 2.56. The monoisotopic (exact) mass is 205 g/mol. The van der Waals surface area contributed by atoms with Gasteiger partial charge in [-0.3, -0.25) is 4.90 Å². The Labute approximate surface area is 91.5 Å². The lowest BCUT2D eigenvalue weighted by molar-refractivity contribution is 0.174. The van der Waals surface area contributed by atoms with E-state index in [4.69, 9.17) is 0 Å². The molecule has 0 amide bonds. The highest BCUT2D eigenvalue weighted by Crippen LogP contribution is 2.16. The van der Waals surface area contributed by atoms with E-state index in [1.54, 1.807) is 0 Å². The van der Waals surface area contributed by atoms with Crippen LogP contribution >= 0.6 is 0 Å². The highest BCUT2D eigenvalue weighted by molar-refractivity contribution is 5.30. The van der Waals surface area contributed by atoms with Crippen LogP contribution in [-0.4, -0.2) is 29.2 Å². The molecule has 15 heavy (non-hydrogen) atoms. The molecule has 1 aliphatic rings. The molecule has 0 saturated carbocycles. The molecule has 1 aromatic carbocycles. The van der Waals surface area contributed by atoms with Crippen molar-refractivity contribution in [1.82, 2.24) is 4.90 Å². The van der Waals surface area contributed by atoms with Crippen molar-refractivity contribution in [3.63, 3.8) is 0 Å². The Morgan fingerprint density at radius 2 is 2.20 bits per heavy atom. The Morgan fingerprint density at radius 1 is 1.40 bits per heavy atom. The maximum absolute atomic E-state index is 9.45. The standard InChI is InChI=1S/C13H19NO/c1-10-3-4-12(11(2)7-10)8-14-6-5-13(15)9-14/h3-4,7,13,15H,5-6,8-9H2,1-2H3/t13-/m0/s1. The number of aliphatic hydroxyl groups excluding tert-OH is 1. The van der Waals surface area contributed by atoms with Crippen molar-refractivity contribution in [2.75, 3.05) is 13.1 Å². The quantitative estimate of drug-likeness (QED) is 0.796. The summed E-state index contributed by atoms with van der Waals surface area (Å²) in [7, 11) is 0. The molecule has 0 radical (unpaired) electrons. The summed E-state index contributed by atoms with van der Waals surface area (Å²) in [6.07, 6.45) is 0.806. The van der Waals surface area contributed by atoms with Gasteiger partial charge in [-0.05, 0) is 31.4 Å². The Hall–Kier alpha value is -0.860. The summed E-state index contributed by atoms with van der Waals surface area (Å²) in [6, 6.07) is 6.59. The third kappa shape index (κ3) is 2.58. The van der Waals surface area contributed by atoms with E-state index in [1.165, 1.54) is 16.7 Å². The first-order valence-electron chi connectivity index (χ1n) is 5.61. The topological polar surface area (TPSA) is 23.5 Å². The second kappa shape index (κ2) is 4.33. The Bertz CT molecular complexity index is 348. The van der Waals surface area contributed by atoms with Crippen molar-refractivity contribution in [3.05, 3.63) is 34.9 Å². The number of hydrogen-bond acceptors (Lipinski definition) is 2. The summed E-state index contributed by atoms with van der Waals surface area (Å²) in [6.45, 7) is 7.11. The molecule has 1 saturated heterocycles. The first-order valence-corrected chi connectivity index (χ1v) is 5.61. The van der Waals surface area contributed by atoms with Gasteiger partial charge in [0.25, 0.3) is 0 Å². The zero-order valence-corrected chi connectivity index (χ0v) is 9.53. The van der Waals surface area contributed by atoms with Crippen LogP contribution in [0.25, 0.3) is 0 Å². The van der Waals surface area contributed by atoms with E-state index in [-0.39, 0.29) is 6.10 Å². The van der Waals surface area contributed by atoms with Crippen LogP contribution in [0.3, 0.4) is 0 Å². The highest BCUT2D eigenvalue weighted by Gasteiger charge is 2.20. The van der Waals surface area contributed by atoms with Gasteiger partial charge in [-0.1, -0.05) is 23.8 Å². The SMILES string of the molecule is Cc1ccc(CN2CC[C@H](O)C2)c(C)c1. The lowest BCUT2D eigenvalue weighted by Crippen LogP contribution is -2.21. The summed E-state index contributed by atoms with van der Waals surface area (Å²) in [5.74, 6) is 0. The van der Waals surface area contributed by atoms with Crippen molar-refractivity contribution in [1.29, 1.82) is 0 Å². The average molecular weight is 205 g/mol. The number of rotatable bonds is 2.